The smallest absolute Gasteiger partial charge is 0.227 e. The van der Waals surface area contributed by atoms with Crippen molar-refractivity contribution in [2.24, 2.45) is 11.8 Å². The largest absolute Gasteiger partial charge is 0.394 e. The molecule has 1 aromatic heterocycles. The number of aliphatic hydroxyl groups excluding tert-OH is 1. The van der Waals surface area contributed by atoms with Crippen LogP contribution in [0.25, 0.3) is 0 Å². The zero-order chi connectivity index (χ0) is 22.6. The Morgan fingerprint density at radius 3 is 2.39 bits per heavy atom. The SMILES string of the molecule is O=S1CCCc2nc(N3CC4CN(c5ccc(Cl)cc5)CC4C3)nc(NC3(CO)CCC3)c21. The molecule has 4 aliphatic rings. The Morgan fingerprint density at radius 2 is 1.76 bits per heavy atom. The Bertz CT molecular complexity index is 1060. The van der Waals surface area contributed by atoms with Crippen molar-refractivity contribution >= 4 is 39.9 Å². The van der Waals surface area contributed by atoms with E-state index in [0.29, 0.717) is 23.4 Å². The Morgan fingerprint density at radius 1 is 1.06 bits per heavy atom. The van der Waals surface area contributed by atoms with E-state index in [0.717, 1.165) is 79.8 Å². The normalized spacial score (nSPS) is 27.8. The minimum absolute atomic E-state index is 0.0716. The van der Waals surface area contributed by atoms with Gasteiger partial charge in [0, 0.05) is 54.5 Å². The highest BCUT2D eigenvalue weighted by Gasteiger charge is 2.42. The Labute approximate surface area is 202 Å². The van der Waals surface area contributed by atoms with E-state index in [1.54, 1.807) is 0 Å². The van der Waals surface area contributed by atoms with Gasteiger partial charge < -0.3 is 20.2 Å². The van der Waals surface area contributed by atoms with Gasteiger partial charge in [-0.05, 0) is 56.4 Å². The van der Waals surface area contributed by atoms with Crippen molar-refractivity contribution in [1.29, 1.82) is 0 Å². The molecule has 1 saturated carbocycles. The first-order valence-electron chi connectivity index (χ1n) is 12.0. The highest BCUT2D eigenvalue weighted by atomic mass is 35.5. The average molecular weight is 488 g/mol. The van der Waals surface area contributed by atoms with Crippen LogP contribution in [0.3, 0.4) is 0 Å². The van der Waals surface area contributed by atoms with E-state index in [9.17, 15) is 9.32 Å². The van der Waals surface area contributed by atoms with Gasteiger partial charge in [-0.15, -0.1) is 0 Å². The van der Waals surface area contributed by atoms with E-state index < -0.39 is 10.8 Å². The summed E-state index contributed by atoms with van der Waals surface area (Å²) in [5.74, 6) is 3.23. The Balaban J connectivity index is 1.24. The molecule has 0 bridgehead atoms. The molecule has 3 fully saturated rings. The number of benzene rings is 1. The first kappa shape index (κ1) is 21.6. The third kappa shape index (κ3) is 3.90. The van der Waals surface area contributed by atoms with Crippen LogP contribution in [-0.2, 0) is 17.2 Å². The van der Waals surface area contributed by atoms with Crippen LogP contribution < -0.4 is 15.1 Å². The zero-order valence-electron chi connectivity index (χ0n) is 18.7. The Hall–Kier alpha value is -1.90. The number of nitrogens with one attached hydrogen (secondary N) is 1. The topological polar surface area (TPSA) is 81.6 Å². The molecule has 1 aromatic carbocycles. The van der Waals surface area contributed by atoms with Gasteiger partial charge in [-0.2, -0.15) is 4.98 Å². The summed E-state index contributed by atoms with van der Waals surface area (Å²) in [7, 11) is -1.09. The number of hydrogen-bond acceptors (Lipinski definition) is 7. The number of nitrogens with zero attached hydrogens (tertiary/aromatic N) is 4. The second kappa shape index (κ2) is 8.40. The number of aliphatic hydroxyl groups is 1. The molecule has 4 heterocycles. The summed E-state index contributed by atoms with van der Waals surface area (Å²) >= 11 is 6.06. The van der Waals surface area contributed by atoms with Gasteiger partial charge in [0.15, 0.2) is 0 Å². The number of anilines is 3. The zero-order valence-corrected chi connectivity index (χ0v) is 20.2. The van der Waals surface area contributed by atoms with Crippen LogP contribution in [0.5, 0.6) is 0 Å². The van der Waals surface area contributed by atoms with Crippen LogP contribution in [0.15, 0.2) is 29.2 Å². The fourth-order valence-electron chi connectivity index (χ4n) is 5.79. The molecule has 2 N–H and O–H groups in total. The van der Waals surface area contributed by atoms with Crippen molar-refractivity contribution in [3.63, 3.8) is 0 Å². The highest BCUT2D eigenvalue weighted by molar-refractivity contribution is 7.85. The summed E-state index contributed by atoms with van der Waals surface area (Å²) in [5.41, 5.74) is 1.82. The fraction of sp³-hybridized carbons (Fsp3) is 0.583. The monoisotopic (exact) mass is 487 g/mol. The predicted octanol–water partition coefficient (Wildman–Crippen LogP) is 3.08. The molecule has 3 unspecified atom stereocenters. The van der Waals surface area contributed by atoms with E-state index in [2.05, 4.69) is 27.2 Å². The molecule has 176 valence electrons. The van der Waals surface area contributed by atoms with Crippen molar-refractivity contribution in [3.05, 3.63) is 35.0 Å². The van der Waals surface area contributed by atoms with Crippen LogP contribution >= 0.6 is 11.6 Å². The standard InChI is InChI=1S/C24H30ClN5O2S/c25-18-4-6-19(7-5-18)29-11-16-13-30(14-17(16)12-29)23-26-20-3-1-10-33(32)21(20)22(27-23)28-24(15-31)8-2-9-24/h4-7,16-17,31H,1-3,8-15H2,(H,26,27,28). The fourth-order valence-corrected chi connectivity index (χ4v) is 7.25. The van der Waals surface area contributed by atoms with Crippen molar-refractivity contribution < 1.29 is 9.32 Å². The lowest BCUT2D eigenvalue weighted by molar-refractivity contribution is 0.143. The van der Waals surface area contributed by atoms with Crippen molar-refractivity contribution in [3.8, 4) is 0 Å². The lowest BCUT2D eigenvalue weighted by Gasteiger charge is -2.42. The van der Waals surface area contributed by atoms with E-state index in [1.165, 1.54) is 5.69 Å². The van der Waals surface area contributed by atoms with Crippen molar-refractivity contribution in [2.45, 2.75) is 42.5 Å². The molecule has 0 amide bonds. The van der Waals surface area contributed by atoms with Crippen LogP contribution in [0.1, 0.15) is 31.4 Å². The summed E-state index contributed by atoms with van der Waals surface area (Å²) in [5, 5.41) is 14.3. The molecule has 3 atom stereocenters. The molecule has 0 spiro atoms. The van der Waals surface area contributed by atoms with Gasteiger partial charge in [-0.25, -0.2) is 4.98 Å². The summed E-state index contributed by atoms with van der Waals surface area (Å²) in [6.07, 6.45) is 4.65. The van der Waals surface area contributed by atoms with Gasteiger partial charge in [0.05, 0.1) is 28.6 Å². The average Bonchev–Trinajstić information content (AvgIpc) is 3.36. The van der Waals surface area contributed by atoms with Crippen LogP contribution in [0.2, 0.25) is 5.02 Å². The molecule has 9 heteroatoms. The maximum absolute atomic E-state index is 12.9. The molecule has 0 radical (unpaired) electrons. The molecule has 1 aliphatic carbocycles. The van der Waals surface area contributed by atoms with Gasteiger partial charge in [-0.1, -0.05) is 11.6 Å². The number of fused-ring (bicyclic) bond motifs is 2. The van der Waals surface area contributed by atoms with E-state index in [-0.39, 0.29) is 12.1 Å². The van der Waals surface area contributed by atoms with Crippen LogP contribution in [0.4, 0.5) is 17.5 Å². The van der Waals surface area contributed by atoms with Gasteiger partial charge in [0.1, 0.15) is 10.7 Å². The predicted molar refractivity (Wildman–Crippen MR) is 132 cm³/mol. The van der Waals surface area contributed by atoms with Gasteiger partial charge in [0.2, 0.25) is 5.95 Å². The molecule has 3 aliphatic heterocycles. The minimum atomic E-state index is -1.09. The Kier molecular flexibility index (Phi) is 5.50. The van der Waals surface area contributed by atoms with Gasteiger partial charge in [0.25, 0.3) is 0 Å². The number of halogens is 1. The molecule has 2 aromatic rings. The summed E-state index contributed by atoms with van der Waals surface area (Å²) in [6.45, 7) is 3.98. The van der Waals surface area contributed by atoms with Gasteiger partial charge in [-0.3, -0.25) is 4.21 Å². The number of aromatic nitrogens is 2. The van der Waals surface area contributed by atoms with Crippen LogP contribution in [-0.4, -0.2) is 63.4 Å². The lowest BCUT2D eigenvalue weighted by atomic mass is 9.77. The number of rotatable bonds is 5. The first-order chi connectivity index (χ1) is 16.0. The van der Waals surface area contributed by atoms with E-state index in [1.807, 2.05) is 12.1 Å². The summed E-state index contributed by atoms with van der Waals surface area (Å²) in [6, 6.07) is 8.11. The third-order valence-corrected chi connectivity index (χ3v) is 9.65. The summed E-state index contributed by atoms with van der Waals surface area (Å²) < 4.78 is 12.9. The molecular formula is C24H30ClN5O2S. The van der Waals surface area contributed by atoms with Crippen LogP contribution in [0, 0.1) is 11.8 Å². The second-order valence-corrected chi connectivity index (χ2v) is 12.0. The lowest BCUT2D eigenvalue weighted by Crippen LogP contribution is -2.49. The molecule has 2 saturated heterocycles. The van der Waals surface area contributed by atoms with Crippen molar-refractivity contribution in [1.82, 2.24) is 9.97 Å². The minimum Gasteiger partial charge on any atom is -0.394 e. The highest BCUT2D eigenvalue weighted by Crippen LogP contribution is 2.40. The maximum atomic E-state index is 12.9. The molecule has 6 rings (SSSR count). The van der Waals surface area contributed by atoms with E-state index in [4.69, 9.17) is 21.6 Å². The van der Waals surface area contributed by atoms with Crippen molar-refractivity contribution in [2.75, 3.05) is 53.7 Å². The third-order valence-electron chi connectivity index (χ3n) is 7.85. The quantitative estimate of drug-likeness (QED) is 0.670. The molecule has 33 heavy (non-hydrogen) atoms. The molecular weight excluding hydrogens is 458 g/mol. The maximum Gasteiger partial charge on any atom is 0.227 e. The second-order valence-electron chi connectivity index (χ2n) is 10.0. The summed E-state index contributed by atoms with van der Waals surface area (Å²) in [4.78, 5) is 15.4. The number of aryl methyl sites for hydroxylation is 1. The van der Waals surface area contributed by atoms with Gasteiger partial charge >= 0.3 is 0 Å². The van der Waals surface area contributed by atoms with E-state index >= 15 is 0 Å². The number of hydrogen-bond donors (Lipinski definition) is 2. The first-order valence-corrected chi connectivity index (χ1v) is 13.7. The molecule has 7 nitrogen and oxygen atoms in total.